The number of amides is 4. The molecule has 0 unspecified atom stereocenters. The van der Waals surface area contributed by atoms with Gasteiger partial charge in [0, 0.05) is 31.1 Å². The number of carbonyl (C=O) groups excluding carboxylic acids is 4. The number of nitrogens with two attached hydrogens (primary N) is 1. The molecule has 1 atom stereocenters. The molecule has 11 nitrogen and oxygen atoms in total. The van der Waals surface area contributed by atoms with Crippen LogP contribution in [0.5, 0.6) is 5.75 Å². The molecule has 0 radical (unpaired) electrons. The average molecular weight is 463 g/mol. The second-order valence-electron chi connectivity index (χ2n) is 8.22. The quantitative estimate of drug-likeness (QED) is 0.396. The van der Waals surface area contributed by atoms with Gasteiger partial charge in [-0.05, 0) is 29.8 Å². The SMILES string of the molecule is COc1ccc2c(c1)C(=O)N(C[C@](C=O)(NC(N)=O)c1cc3nc(N4CCC4=O)ccc3o1)C2. The van der Waals surface area contributed by atoms with E-state index in [-0.39, 0.29) is 30.7 Å². The van der Waals surface area contributed by atoms with Gasteiger partial charge in [0.1, 0.15) is 22.8 Å². The third-order valence-corrected chi connectivity index (χ3v) is 6.11. The van der Waals surface area contributed by atoms with Gasteiger partial charge < -0.3 is 29.9 Å². The van der Waals surface area contributed by atoms with Gasteiger partial charge in [-0.3, -0.25) is 14.5 Å². The van der Waals surface area contributed by atoms with E-state index in [0.29, 0.717) is 47.5 Å². The number of primary amides is 1. The summed E-state index contributed by atoms with van der Waals surface area (Å²) in [6.07, 6.45) is 0.956. The molecule has 3 aromatic rings. The molecule has 5 rings (SSSR count). The van der Waals surface area contributed by atoms with Crippen molar-refractivity contribution in [3.8, 4) is 5.75 Å². The Balaban J connectivity index is 1.50. The molecular weight excluding hydrogens is 442 g/mol. The van der Waals surface area contributed by atoms with Crippen molar-refractivity contribution >= 4 is 41.0 Å². The lowest BCUT2D eigenvalue weighted by Crippen LogP contribution is -2.55. The molecule has 11 heteroatoms. The molecule has 2 aliphatic heterocycles. The second-order valence-corrected chi connectivity index (χ2v) is 8.22. The summed E-state index contributed by atoms with van der Waals surface area (Å²) in [6, 6.07) is 8.98. The zero-order valence-electron chi connectivity index (χ0n) is 18.2. The minimum Gasteiger partial charge on any atom is -0.497 e. The minimum absolute atomic E-state index is 0.0306. The fourth-order valence-corrected chi connectivity index (χ4v) is 4.26. The number of aldehydes is 1. The zero-order valence-corrected chi connectivity index (χ0v) is 18.2. The van der Waals surface area contributed by atoms with E-state index in [2.05, 4.69) is 10.3 Å². The van der Waals surface area contributed by atoms with Crippen LogP contribution in [-0.4, -0.2) is 54.2 Å². The number of ether oxygens (including phenoxy) is 1. The minimum atomic E-state index is -1.75. The Bertz CT molecular complexity index is 1350. The van der Waals surface area contributed by atoms with E-state index >= 15 is 0 Å². The van der Waals surface area contributed by atoms with Gasteiger partial charge in [-0.25, -0.2) is 9.78 Å². The first-order chi connectivity index (χ1) is 16.3. The molecule has 0 bridgehead atoms. The van der Waals surface area contributed by atoms with Crippen LogP contribution in [-0.2, 0) is 21.7 Å². The Labute approximate surface area is 193 Å². The number of hydrogen-bond acceptors (Lipinski definition) is 7. The number of hydrogen-bond donors (Lipinski definition) is 2. The fraction of sp³-hybridized carbons (Fsp3) is 0.261. The van der Waals surface area contributed by atoms with Gasteiger partial charge in [-0.15, -0.1) is 0 Å². The Morgan fingerprint density at radius 3 is 2.76 bits per heavy atom. The lowest BCUT2D eigenvalue weighted by atomic mass is 9.97. The number of nitrogens with zero attached hydrogens (tertiary/aromatic N) is 3. The normalized spacial score (nSPS) is 16.7. The van der Waals surface area contributed by atoms with Gasteiger partial charge in [0.05, 0.1) is 13.7 Å². The highest BCUT2D eigenvalue weighted by Crippen LogP contribution is 2.33. The average Bonchev–Trinajstić information content (AvgIpc) is 3.38. The van der Waals surface area contributed by atoms with Crippen molar-refractivity contribution in [3.63, 3.8) is 0 Å². The highest BCUT2D eigenvalue weighted by molar-refractivity contribution is 6.00. The number of methoxy groups -OCH3 is 1. The summed E-state index contributed by atoms with van der Waals surface area (Å²) >= 11 is 0. The third-order valence-electron chi connectivity index (χ3n) is 6.11. The van der Waals surface area contributed by atoms with E-state index in [4.69, 9.17) is 14.9 Å². The first-order valence-electron chi connectivity index (χ1n) is 10.5. The van der Waals surface area contributed by atoms with Gasteiger partial charge in [0.15, 0.2) is 17.4 Å². The Morgan fingerprint density at radius 1 is 1.29 bits per heavy atom. The van der Waals surface area contributed by atoms with Crippen molar-refractivity contribution in [1.29, 1.82) is 0 Å². The maximum absolute atomic E-state index is 13.1. The van der Waals surface area contributed by atoms with Crippen molar-refractivity contribution in [2.75, 3.05) is 25.1 Å². The van der Waals surface area contributed by atoms with Crippen molar-refractivity contribution in [2.24, 2.45) is 5.73 Å². The largest absolute Gasteiger partial charge is 0.497 e. The van der Waals surface area contributed by atoms with E-state index in [9.17, 15) is 19.2 Å². The molecule has 2 aliphatic rings. The molecule has 0 saturated carbocycles. The third kappa shape index (κ3) is 3.41. The highest BCUT2D eigenvalue weighted by atomic mass is 16.5. The Kier molecular flexibility index (Phi) is 4.96. The van der Waals surface area contributed by atoms with Crippen LogP contribution in [0.3, 0.4) is 0 Å². The number of benzene rings is 1. The summed E-state index contributed by atoms with van der Waals surface area (Å²) in [6.45, 7) is 0.590. The molecule has 1 saturated heterocycles. The number of fused-ring (bicyclic) bond motifs is 2. The maximum atomic E-state index is 13.1. The van der Waals surface area contributed by atoms with Crippen LogP contribution in [0.25, 0.3) is 11.1 Å². The Hall–Kier alpha value is -4.41. The number of furan rings is 1. The van der Waals surface area contributed by atoms with E-state index in [0.717, 1.165) is 5.56 Å². The maximum Gasteiger partial charge on any atom is 0.313 e. The summed E-state index contributed by atoms with van der Waals surface area (Å²) in [4.78, 5) is 56.5. The molecular formula is C23H21N5O6. The molecule has 0 aliphatic carbocycles. The standard InChI is InChI=1S/C23H21N5O6/c1-33-14-3-2-13-10-27(21(31)15(13)8-14)11-23(12-29,26-22(24)32)18-9-16-17(34-18)4-5-19(25-16)28-7-6-20(28)30/h2-5,8-9,12H,6-7,10-11H2,1H3,(H3,24,26,32)/t23-/m1/s1. The number of pyridine rings is 1. The van der Waals surface area contributed by atoms with Gasteiger partial charge in [-0.1, -0.05) is 6.07 Å². The number of rotatable bonds is 7. The molecule has 4 amide bonds. The molecule has 0 spiro atoms. The van der Waals surface area contributed by atoms with Crippen molar-refractivity contribution in [3.05, 3.63) is 53.3 Å². The Morgan fingerprint density at radius 2 is 2.12 bits per heavy atom. The van der Waals surface area contributed by atoms with Crippen molar-refractivity contribution < 1.29 is 28.3 Å². The van der Waals surface area contributed by atoms with Crippen LogP contribution >= 0.6 is 0 Å². The summed E-state index contributed by atoms with van der Waals surface area (Å²) in [7, 11) is 1.51. The molecule has 2 aromatic heterocycles. The van der Waals surface area contributed by atoms with Gasteiger partial charge in [0.25, 0.3) is 5.91 Å². The number of aromatic nitrogens is 1. The van der Waals surface area contributed by atoms with Crippen LogP contribution in [0, 0.1) is 0 Å². The fourth-order valence-electron chi connectivity index (χ4n) is 4.26. The molecule has 34 heavy (non-hydrogen) atoms. The smallest absolute Gasteiger partial charge is 0.313 e. The second kappa shape index (κ2) is 7.87. The topological polar surface area (TPSA) is 148 Å². The molecule has 4 heterocycles. The predicted molar refractivity (Wildman–Crippen MR) is 119 cm³/mol. The summed E-state index contributed by atoms with van der Waals surface area (Å²) in [5, 5.41) is 2.45. The van der Waals surface area contributed by atoms with Crippen LogP contribution < -0.4 is 20.7 Å². The van der Waals surface area contributed by atoms with Gasteiger partial charge in [0.2, 0.25) is 5.91 Å². The van der Waals surface area contributed by atoms with E-state index in [1.807, 2.05) is 0 Å². The van der Waals surface area contributed by atoms with E-state index < -0.39 is 11.6 Å². The molecule has 1 aromatic carbocycles. The van der Waals surface area contributed by atoms with Crippen LogP contribution in [0.4, 0.5) is 10.6 Å². The summed E-state index contributed by atoms with van der Waals surface area (Å²) in [5.74, 6) is 0.717. The van der Waals surface area contributed by atoms with E-state index in [1.165, 1.54) is 23.0 Å². The van der Waals surface area contributed by atoms with E-state index in [1.54, 1.807) is 30.3 Å². The molecule has 174 valence electrons. The lowest BCUT2D eigenvalue weighted by Gasteiger charge is -2.30. The number of anilines is 1. The number of β-lactam (4-membered cyclic amide) rings is 1. The summed E-state index contributed by atoms with van der Waals surface area (Å²) in [5.41, 5.74) is 5.60. The first kappa shape index (κ1) is 21.4. The predicted octanol–water partition coefficient (Wildman–Crippen LogP) is 1.29. The molecule has 3 N–H and O–H groups in total. The van der Waals surface area contributed by atoms with Gasteiger partial charge >= 0.3 is 6.03 Å². The summed E-state index contributed by atoms with van der Waals surface area (Å²) < 4.78 is 11.1. The molecule has 1 fully saturated rings. The van der Waals surface area contributed by atoms with Crippen molar-refractivity contribution in [2.45, 2.75) is 18.5 Å². The van der Waals surface area contributed by atoms with Gasteiger partial charge in [-0.2, -0.15) is 0 Å². The number of urea groups is 1. The number of carbonyl (C=O) groups is 4. The van der Waals surface area contributed by atoms with Crippen LogP contribution in [0.15, 0.2) is 40.8 Å². The zero-order chi connectivity index (χ0) is 24.0. The van der Waals surface area contributed by atoms with Crippen LogP contribution in [0.2, 0.25) is 0 Å². The van der Waals surface area contributed by atoms with Crippen molar-refractivity contribution in [1.82, 2.24) is 15.2 Å². The monoisotopic (exact) mass is 463 g/mol. The van der Waals surface area contributed by atoms with Crippen LogP contribution in [0.1, 0.15) is 28.1 Å². The number of nitrogens with one attached hydrogen (secondary N) is 1. The highest BCUT2D eigenvalue weighted by Gasteiger charge is 2.42. The first-order valence-corrected chi connectivity index (χ1v) is 10.5. The lowest BCUT2D eigenvalue weighted by molar-refractivity contribution is -0.122.